The van der Waals surface area contributed by atoms with Crippen LogP contribution in [0.3, 0.4) is 0 Å². The summed E-state index contributed by atoms with van der Waals surface area (Å²) in [5, 5.41) is 12.7. The van der Waals surface area contributed by atoms with Crippen LogP contribution in [0.5, 0.6) is 0 Å². The summed E-state index contributed by atoms with van der Waals surface area (Å²) in [7, 11) is 0. The van der Waals surface area contributed by atoms with Crippen LogP contribution in [0.25, 0.3) is 0 Å². The van der Waals surface area contributed by atoms with E-state index in [0.717, 1.165) is 12.3 Å². The van der Waals surface area contributed by atoms with Crippen LogP contribution in [0.4, 0.5) is 24.7 Å². The first-order chi connectivity index (χ1) is 9.20. The molecule has 0 aliphatic rings. The number of carbonyl (C=O) groups excluding carboxylic acids is 1. The summed E-state index contributed by atoms with van der Waals surface area (Å²) in [6, 6.07) is 0.911. The highest BCUT2D eigenvalue weighted by molar-refractivity contribution is 8.00. The lowest BCUT2D eigenvalue weighted by atomic mass is 10.2. The van der Waals surface area contributed by atoms with Crippen LogP contribution in [0.15, 0.2) is 12.3 Å². The van der Waals surface area contributed by atoms with Gasteiger partial charge < -0.3 is 11.1 Å². The largest absolute Gasteiger partial charge is 0.441 e. The normalized spacial score (nSPS) is 11.2. The van der Waals surface area contributed by atoms with Gasteiger partial charge >= 0.3 is 5.51 Å². The number of hydrogen-bond acceptors (Lipinski definition) is 6. The zero-order valence-electron chi connectivity index (χ0n) is 9.81. The fraction of sp³-hybridized carbons (Fsp3) is 0.333. The molecule has 0 atom stereocenters. The maximum absolute atomic E-state index is 11.9. The number of anilines is 1. The van der Waals surface area contributed by atoms with Gasteiger partial charge in [0.2, 0.25) is 0 Å². The van der Waals surface area contributed by atoms with Crippen LogP contribution in [0.2, 0.25) is 0 Å². The average Bonchev–Trinajstić information content (AvgIpc) is 2.33. The maximum atomic E-state index is 11.9. The van der Waals surface area contributed by atoms with Crippen LogP contribution < -0.4 is 11.1 Å². The standard InChI is InChI=1S/C9H9F3N4O3S/c10-9(11,12)20-2-1-14-8(17)6-3-5(16(18)19)4-15-7(6)13/h3-4H,1-2H2,(H2,13,15)(H,14,17). The van der Waals surface area contributed by atoms with Crippen molar-refractivity contribution < 1.29 is 22.9 Å². The number of nitrogen functional groups attached to an aromatic ring is 1. The first-order valence-corrected chi connectivity index (χ1v) is 6.08. The minimum absolute atomic E-state index is 0.239. The molecule has 0 radical (unpaired) electrons. The second-order valence-corrected chi connectivity index (χ2v) is 4.59. The number of rotatable bonds is 5. The van der Waals surface area contributed by atoms with E-state index in [1.807, 2.05) is 0 Å². The summed E-state index contributed by atoms with van der Waals surface area (Å²) >= 11 is -0.287. The molecule has 0 aliphatic carbocycles. The lowest BCUT2D eigenvalue weighted by molar-refractivity contribution is -0.385. The molecular weight excluding hydrogens is 301 g/mol. The number of hydrogen-bond donors (Lipinski definition) is 2. The van der Waals surface area contributed by atoms with Gasteiger partial charge in [0, 0.05) is 18.4 Å². The van der Waals surface area contributed by atoms with Gasteiger partial charge in [-0.15, -0.1) is 0 Å². The monoisotopic (exact) mass is 310 g/mol. The zero-order chi connectivity index (χ0) is 15.3. The Morgan fingerprint density at radius 2 is 2.20 bits per heavy atom. The SMILES string of the molecule is Nc1ncc([N+](=O)[O-])cc1C(=O)NCCSC(F)(F)F. The number of carbonyl (C=O) groups is 1. The predicted octanol–water partition coefficient (Wildman–Crippen LogP) is 1.55. The molecule has 1 amide bonds. The van der Waals surface area contributed by atoms with Crippen LogP contribution in [-0.4, -0.2) is 33.6 Å². The summed E-state index contributed by atoms with van der Waals surface area (Å²) in [5.41, 5.74) is 0.317. The van der Waals surface area contributed by atoms with Gasteiger partial charge in [-0.25, -0.2) is 4.98 Å². The topological polar surface area (TPSA) is 111 Å². The lowest BCUT2D eigenvalue weighted by Gasteiger charge is -2.08. The van der Waals surface area contributed by atoms with Crippen molar-refractivity contribution >= 4 is 29.2 Å². The van der Waals surface area contributed by atoms with E-state index in [9.17, 15) is 28.1 Å². The van der Waals surface area contributed by atoms with E-state index in [-0.39, 0.29) is 35.4 Å². The van der Waals surface area contributed by atoms with Gasteiger partial charge in [-0.05, 0) is 11.8 Å². The molecule has 7 nitrogen and oxygen atoms in total. The van der Waals surface area contributed by atoms with Gasteiger partial charge in [0.05, 0.1) is 10.5 Å². The van der Waals surface area contributed by atoms with E-state index in [1.54, 1.807) is 0 Å². The van der Waals surface area contributed by atoms with E-state index >= 15 is 0 Å². The highest BCUT2D eigenvalue weighted by Crippen LogP contribution is 2.29. The van der Waals surface area contributed by atoms with Gasteiger partial charge in [-0.1, -0.05) is 0 Å². The quantitative estimate of drug-likeness (QED) is 0.485. The minimum Gasteiger partial charge on any atom is -0.383 e. The van der Waals surface area contributed by atoms with Gasteiger partial charge in [0.15, 0.2) is 0 Å². The van der Waals surface area contributed by atoms with Crippen molar-refractivity contribution in [1.29, 1.82) is 0 Å². The number of aromatic nitrogens is 1. The third kappa shape index (κ3) is 4.91. The summed E-state index contributed by atoms with van der Waals surface area (Å²) in [6.45, 7) is -0.259. The number of thioether (sulfide) groups is 1. The molecule has 0 unspecified atom stereocenters. The number of nitrogens with two attached hydrogens (primary N) is 1. The molecule has 110 valence electrons. The van der Waals surface area contributed by atoms with Crippen molar-refractivity contribution in [3.8, 4) is 0 Å². The van der Waals surface area contributed by atoms with Gasteiger partial charge in [0.1, 0.15) is 12.0 Å². The molecule has 0 aromatic carbocycles. The van der Waals surface area contributed by atoms with E-state index < -0.39 is 22.0 Å². The van der Waals surface area contributed by atoms with Crippen molar-refractivity contribution in [2.75, 3.05) is 18.0 Å². The summed E-state index contributed by atoms with van der Waals surface area (Å²) in [5.74, 6) is -1.43. The fourth-order valence-electron chi connectivity index (χ4n) is 1.17. The van der Waals surface area contributed by atoms with Crippen LogP contribution in [-0.2, 0) is 0 Å². The van der Waals surface area contributed by atoms with Gasteiger partial charge in [0.25, 0.3) is 11.6 Å². The second kappa shape index (κ2) is 6.41. The highest BCUT2D eigenvalue weighted by Gasteiger charge is 2.27. The first kappa shape index (κ1) is 16.0. The summed E-state index contributed by atoms with van der Waals surface area (Å²) in [4.78, 5) is 24.9. The van der Waals surface area contributed by atoms with Crippen LogP contribution >= 0.6 is 11.8 Å². The Hall–Kier alpha value is -2.04. The molecule has 1 aromatic rings. The van der Waals surface area contributed by atoms with Crippen molar-refractivity contribution in [2.24, 2.45) is 0 Å². The van der Waals surface area contributed by atoms with Crippen molar-refractivity contribution in [3.05, 3.63) is 27.9 Å². The van der Waals surface area contributed by atoms with Crippen molar-refractivity contribution in [3.63, 3.8) is 0 Å². The molecule has 1 aromatic heterocycles. The van der Waals surface area contributed by atoms with Crippen molar-refractivity contribution in [2.45, 2.75) is 5.51 Å². The van der Waals surface area contributed by atoms with E-state index in [0.29, 0.717) is 0 Å². The van der Waals surface area contributed by atoms with E-state index in [1.165, 1.54) is 0 Å². The molecule has 0 fully saturated rings. The number of nitrogens with zero attached hydrogens (tertiary/aromatic N) is 2. The first-order valence-electron chi connectivity index (χ1n) is 5.09. The molecule has 0 saturated heterocycles. The minimum atomic E-state index is -4.38. The molecule has 3 N–H and O–H groups in total. The zero-order valence-corrected chi connectivity index (χ0v) is 10.6. The summed E-state index contributed by atoms with van der Waals surface area (Å²) in [6.07, 6.45) is 0.881. The maximum Gasteiger partial charge on any atom is 0.441 e. The lowest BCUT2D eigenvalue weighted by Crippen LogP contribution is -2.27. The summed E-state index contributed by atoms with van der Waals surface area (Å²) < 4.78 is 35.6. The van der Waals surface area contributed by atoms with Crippen LogP contribution in [0, 0.1) is 10.1 Å². The Labute approximate surface area is 114 Å². The molecule has 0 aliphatic heterocycles. The fourth-order valence-corrected chi connectivity index (χ4v) is 1.61. The molecule has 20 heavy (non-hydrogen) atoms. The Morgan fingerprint density at radius 1 is 1.55 bits per heavy atom. The number of pyridine rings is 1. The number of amides is 1. The Morgan fingerprint density at radius 3 is 2.75 bits per heavy atom. The van der Waals surface area contributed by atoms with E-state index in [4.69, 9.17) is 5.73 Å². The Bertz CT molecular complexity index is 524. The number of nitro groups is 1. The molecular formula is C9H9F3N4O3S. The average molecular weight is 310 g/mol. The molecule has 1 rings (SSSR count). The molecule has 0 spiro atoms. The molecule has 1 heterocycles. The molecule has 0 bridgehead atoms. The van der Waals surface area contributed by atoms with Crippen molar-refractivity contribution in [1.82, 2.24) is 10.3 Å². The Balaban J connectivity index is 2.63. The second-order valence-electron chi connectivity index (χ2n) is 3.43. The molecule has 0 saturated carbocycles. The third-order valence-electron chi connectivity index (χ3n) is 2.01. The molecule has 11 heteroatoms. The van der Waals surface area contributed by atoms with E-state index in [2.05, 4.69) is 10.3 Å². The van der Waals surface area contributed by atoms with Gasteiger partial charge in [-0.2, -0.15) is 13.2 Å². The number of alkyl halides is 3. The third-order valence-corrected chi connectivity index (χ3v) is 2.75. The number of nitrogens with one attached hydrogen (secondary N) is 1. The predicted molar refractivity (Wildman–Crippen MR) is 66.2 cm³/mol. The number of halogens is 3. The van der Waals surface area contributed by atoms with Crippen LogP contribution in [0.1, 0.15) is 10.4 Å². The Kier molecular flexibility index (Phi) is 5.13. The van der Waals surface area contributed by atoms with Gasteiger partial charge in [-0.3, -0.25) is 14.9 Å². The smallest absolute Gasteiger partial charge is 0.383 e. The highest BCUT2D eigenvalue weighted by atomic mass is 32.2.